The fraction of sp³-hybridized carbons (Fsp3) is 0.545. The van der Waals surface area contributed by atoms with E-state index in [1.54, 1.807) is 0 Å². The Balaban J connectivity index is 1.22. The van der Waals surface area contributed by atoms with E-state index in [1.807, 2.05) is 12.4 Å². The zero-order valence-corrected chi connectivity index (χ0v) is 16.9. The molecule has 2 aromatic rings. The molecule has 3 aliphatic rings. The van der Waals surface area contributed by atoms with Crippen LogP contribution < -0.4 is 4.90 Å². The standard InChI is InChI=1S/C22H28N6O/c1-2-7-23-20(3-1)22-25-14-18-16-27(8-6-19(18)26-22)15-17-4-5-21(24-13-17)28-9-11-29-12-10-28/h4-5,13-14H,1-3,6-12,15-16H2. The summed E-state index contributed by atoms with van der Waals surface area (Å²) in [5.74, 6) is 1.90. The van der Waals surface area contributed by atoms with Crippen LogP contribution in [-0.2, 0) is 24.2 Å². The summed E-state index contributed by atoms with van der Waals surface area (Å²) in [7, 11) is 0. The van der Waals surface area contributed by atoms with Gasteiger partial charge in [0.15, 0.2) is 5.82 Å². The van der Waals surface area contributed by atoms with E-state index < -0.39 is 0 Å². The Bertz CT molecular complexity index is 875. The van der Waals surface area contributed by atoms with Crippen molar-refractivity contribution in [2.45, 2.75) is 38.8 Å². The molecule has 29 heavy (non-hydrogen) atoms. The van der Waals surface area contributed by atoms with Crippen LogP contribution in [0, 0.1) is 0 Å². The molecule has 0 spiro atoms. The van der Waals surface area contributed by atoms with E-state index >= 15 is 0 Å². The molecule has 1 fully saturated rings. The van der Waals surface area contributed by atoms with Gasteiger partial charge in [-0.05, 0) is 30.9 Å². The highest BCUT2D eigenvalue weighted by molar-refractivity contribution is 5.97. The van der Waals surface area contributed by atoms with Gasteiger partial charge in [-0.15, -0.1) is 0 Å². The van der Waals surface area contributed by atoms with Gasteiger partial charge >= 0.3 is 0 Å². The highest BCUT2D eigenvalue weighted by Crippen LogP contribution is 2.21. The van der Waals surface area contributed by atoms with Crippen LogP contribution in [0.25, 0.3) is 0 Å². The molecule has 0 bridgehead atoms. The first-order valence-corrected chi connectivity index (χ1v) is 10.7. The van der Waals surface area contributed by atoms with Crippen molar-refractivity contribution in [2.24, 2.45) is 4.99 Å². The second kappa shape index (κ2) is 8.55. The van der Waals surface area contributed by atoms with Crippen LogP contribution in [0.5, 0.6) is 0 Å². The Kier molecular flexibility index (Phi) is 5.49. The van der Waals surface area contributed by atoms with Crippen molar-refractivity contribution in [3.8, 4) is 0 Å². The number of morpholine rings is 1. The topological polar surface area (TPSA) is 66.7 Å². The first-order valence-electron chi connectivity index (χ1n) is 10.7. The summed E-state index contributed by atoms with van der Waals surface area (Å²) in [5.41, 5.74) is 4.78. The van der Waals surface area contributed by atoms with Crippen LogP contribution in [0.2, 0.25) is 0 Å². The maximum Gasteiger partial charge on any atom is 0.173 e. The van der Waals surface area contributed by atoms with Crippen LogP contribution in [-0.4, -0.2) is 65.0 Å². The van der Waals surface area contributed by atoms with E-state index in [9.17, 15) is 0 Å². The fourth-order valence-electron chi connectivity index (χ4n) is 4.28. The second-order valence-corrected chi connectivity index (χ2v) is 8.04. The lowest BCUT2D eigenvalue weighted by Crippen LogP contribution is -2.36. The number of hydrogen-bond acceptors (Lipinski definition) is 7. The van der Waals surface area contributed by atoms with Crippen LogP contribution in [0.1, 0.15) is 41.9 Å². The molecule has 0 radical (unpaired) electrons. The Hall–Kier alpha value is -2.38. The van der Waals surface area contributed by atoms with Gasteiger partial charge in [-0.1, -0.05) is 6.07 Å². The predicted molar refractivity (Wildman–Crippen MR) is 112 cm³/mol. The zero-order valence-electron chi connectivity index (χ0n) is 16.9. The number of hydrogen-bond donors (Lipinski definition) is 0. The predicted octanol–water partition coefficient (Wildman–Crippen LogP) is 2.24. The van der Waals surface area contributed by atoms with Crippen molar-refractivity contribution < 1.29 is 4.74 Å². The van der Waals surface area contributed by atoms with Gasteiger partial charge in [-0.2, -0.15) is 0 Å². The molecule has 0 unspecified atom stereocenters. The van der Waals surface area contributed by atoms with Gasteiger partial charge in [0.25, 0.3) is 0 Å². The maximum absolute atomic E-state index is 5.42. The number of pyridine rings is 1. The number of nitrogens with zero attached hydrogens (tertiary/aromatic N) is 6. The fourth-order valence-corrected chi connectivity index (χ4v) is 4.28. The first-order chi connectivity index (χ1) is 14.3. The maximum atomic E-state index is 5.42. The third-order valence-electron chi connectivity index (χ3n) is 5.95. The summed E-state index contributed by atoms with van der Waals surface area (Å²) >= 11 is 0. The second-order valence-electron chi connectivity index (χ2n) is 8.04. The molecule has 0 amide bonds. The van der Waals surface area contributed by atoms with E-state index in [0.717, 1.165) is 82.7 Å². The van der Waals surface area contributed by atoms with Crippen molar-refractivity contribution in [2.75, 3.05) is 44.3 Å². The average molecular weight is 393 g/mol. The minimum atomic E-state index is 0.785. The smallest absolute Gasteiger partial charge is 0.173 e. The summed E-state index contributed by atoms with van der Waals surface area (Å²) in [6.07, 6.45) is 8.40. The number of rotatable bonds is 4. The van der Waals surface area contributed by atoms with Crippen LogP contribution in [0.15, 0.2) is 29.5 Å². The average Bonchev–Trinajstić information content (AvgIpc) is 2.80. The van der Waals surface area contributed by atoms with Crippen molar-refractivity contribution in [3.63, 3.8) is 0 Å². The minimum absolute atomic E-state index is 0.785. The number of fused-ring (bicyclic) bond motifs is 1. The van der Waals surface area contributed by atoms with Crippen LogP contribution >= 0.6 is 0 Å². The molecule has 152 valence electrons. The van der Waals surface area contributed by atoms with Gasteiger partial charge in [-0.25, -0.2) is 15.0 Å². The Labute approximate surface area is 171 Å². The number of aromatic nitrogens is 3. The van der Waals surface area contributed by atoms with Gasteiger partial charge in [-0.3, -0.25) is 9.89 Å². The van der Waals surface area contributed by atoms with E-state index in [0.29, 0.717) is 0 Å². The number of anilines is 1. The molecule has 5 heterocycles. The molecule has 0 N–H and O–H groups in total. The van der Waals surface area contributed by atoms with Gasteiger partial charge in [0.05, 0.1) is 24.6 Å². The van der Waals surface area contributed by atoms with E-state index in [1.165, 1.54) is 29.7 Å². The first kappa shape index (κ1) is 18.6. The Morgan fingerprint density at radius 1 is 0.966 bits per heavy atom. The van der Waals surface area contributed by atoms with Gasteiger partial charge in [0, 0.05) is 63.6 Å². The van der Waals surface area contributed by atoms with Crippen molar-refractivity contribution in [1.29, 1.82) is 0 Å². The molecule has 0 atom stereocenters. The van der Waals surface area contributed by atoms with E-state index in [2.05, 4.69) is 36.9 Å². The summed E-state index contributed by atoms with van der Waals surface area (Å²) in [4.78, 5) is 23.5. The van der Waals surface area contributed by atoms with Gasteiger partial charge in [0.2, 0.25) is 0 Å². The molecule has 0 aliphatic carbocycles. The van der Waals surface area contributed by atoms with Crippen molar-refractivity contribution in [3.05, 3.63) is 47.2 Å². The summed E-state index contributed by atoms with van der Waals surface area (Å²) in [6.45, 7) is 7.15. The molecule has 5 rings (SSSR count). The minimum Gasteiger partial charge on any atom is -0.378 e. The summed E-state index contributed by atoms with van der Waals surface area (Å²) in [5, 5.41) is 0. The lowest BCUT2D eigenvalue weighted by Gasteiger charge is -2.29. The lowest BCUT2D eigenvalue weighted by molar-refractivity contribution is 0.122. The summed E-state index contributed by atoms with van der Waals surface area (Å²) < 4.78 is 5.42. The van der Waals surface area contributed by atoms with Crippen LogP contribution in [0.3, 0.4) is 0 Å². The normalized spacial score (nSPS) is 20.3. The lowest BCUT2D eigenvalue weighted by atomic mass is 10.0. The quantitative estimate of drug-likeness (QED) is 0.795. The Morgan fingerprint density at radius 3 is 2.69 bits per heavy atom. The van der Waals surface area contributed by atoms with Crippen molar-refractivity contribution >= 4 is 11.5 Å². The number of aliphatic imine (C=N–C) groups is 1. The third-order valence-corrected chi connectivity index (χ3v) is 5.95. The van der Waals surface area contributed by atoms with Crippen molar-refractivity contribution in [1.82, 2.24) is 19.9 Å². The molecule has 3 aliphatic heterocycles. The zero-order chi connectivity index (χ0) is 19.5. The van der Waals surface area contributed by atoms with Gasteiger partial charge < -0.3 is 9.64 Å². The van der Waals surface area contributed by atoms with E-state index in [4.69, 9.17) is 9.72 Å². The third kappa shape index (κ3) is 4.31. The van der Waals surface area contributed by atoms with E-state index in [-0.39, 0.29) is 0 Å². The molecular weight excluding hydrogens is 364 g/mol. The largest absolute Gasteiger partial charge is 0.378 e. The monoisotopic (exact) mass is 392 g/mol. The highest BCUT2D eigenvalue weighted by Gasteiger charge is 2.20. The number of ether oxygens (including phenoxy) is 1. The Morgan fingerprint density at radius 2 is 1.90 bits per heavy atom. The molecule has 1 saturated heterocycles. The highest BCUT2D eigenvalue weighted by atomic mass is 16.5. The SMILES string of the molecule is c1cc(N2CCOCC2)ncc1CN1CCc2nc(C3=NCCCC3)ncc2C1. The van der Waals surface area contributed by atoms with Crippen LogP contribution in [0.4, 0.5) is 5.82 Å². The molecule has 7 heteroatoms. The molecule has 2 aromatic heterocycles. The molecule has 0 aromatic carbocycles. The molecule has 0 saturated carbocycles. The van der Waals surface area contributed by atoms with Gasteiger partial charge in [0.1, 0.15) is 5.82 Å². The molecule has 7 nitrogen and oxygen atoms in total. The summed E-state index contributed by atoms with van der Waals surface area (Å²) in [6, 6.07) is 4.34. The molecular formula is C22H28N6O.